The number of ether oxygens (including phenoxy) is 1. The molecule has 0 atom stereocenters. The number of esters is 1. The van der Waals surface area contributed by atoms with Gasteiger partial charge in [-0.3, -0.25) is 4.79 Å². The zero-order valence-corrected chi connectivity index (χ0v) is 17.1. The lowest BCUT2D eigenvalue weighted by Crippen LogP contribution is -2.31. The zero-order chi connectivity index (χ0) is 21.1. The molecule has 150 valence electrons. The van der Waals surface area contributed by atoms with Crippen molar-refractivity contribution in [3.63, 3.8) is 0 Å². The van der Waals surface area contributed by atoms with Crippen molar-refractivity contribution in [1.29, 1.82) is 0 Å². The monoisotopic (exact) mass is 433 g/mol. The van der Waals surface area contributed by atoms with Crippen molar-refractivity contribution in [2.75, 3.05) is 6.54 Å². The summed E-state index contributed by atoms with van der Waals surface area (Å²) >= 11 is 11.8. The Hall–Kier alpha value is -2.83. The summed E-state index contributed by atoms with van der Waals surface area (Å²) in [6, 6.07) is 10.4. The minimum atomic E-state index is -0.775. The lowest BCUT2D eigenvalue weighted by Gasteiger charge is -2.08. The molecule has 3 rings (SSSR count). The van der Waals surface area contributed by atoms with Gasteiger partial charge in [-0.05, 0) is 42.3 Å². The molecule has 0 fully saturated rings. The molecule has 0 spiro atoms. The van der Waals surface area contributed by atoms with Crippen molar-refractivity contribution < 1.29 is 18.7 Å². The third-order valence-electron chi connectivity index (χ3n) is 3.98. The van der Waals surface area contributed by atoms with Crippen LogP contribution in [-0.2, 0) is 0 Å². The molecule has 3 aromatic rings. The molecule has 0 aliphatic carbocycles. The average molecular weight is 434 g/mol. The Kier molecular flexibility index (Phi) is 6.25. The lowest BCUT2D eigenvalue weighted by molar-refractivity contribution is 0.0735. The number of hydrogen-bond donors (Lipinski definition) is 1. The van der Waals surface area contributed by atoms with Gasteiger partial charge < -0.3 is 14.5 Å². The summed E-state index contributed by atoms with van der Waals surface area (Å²) in [4.78, 5) is 36.7. The molecular weight excluding hydrogens is 417 g/mol. The van der Waals surface area contributed by atoms with Gasteiger partial charge in [0, 0.05) is 23.0 Å². The first kappa shape index (κ1) is 20.9. The average Bonchev–Trinajstić information content (AvgIpc) is 2.65. The number of amides is 1. The Labute approximate surface area is 176 Å². The molecule has 0 saturated carbocycles. The zero-order valence-electron chi connectivity index (χ0n) is 15.6. The highest BCUT2D eigenvalue weighted by atomic mass is 35.5. The normalized spacial score (nSPS) is 10.9. The second kappa shape index (κ2) is 8.68. The second-order valence-electron chi connectivity index (χ2n) is 6.76. The molecule has 1 aromatic heterocycles. The van der Waals surface area contributed by atoms with Gasteiger partial charge in [0.25, 0.3) is 5.91 Å². The van der Waals surface area contributed by atoms with Crippen LogP contribution in [-0.4, -0.2) is 18.4 Å². The van der Waals surface area contributed by atoms with E-state index < -0.39 is 17.5 Å². The maximum atomic E-state index is 12.3. The van der Waals surface area contributed by atoms with Crippen LogP contribution in [0.25, 0.3) is 11.0 Å². The Balaban J connectivity index is 1.85. The highest BCUT2D eigenvalue weighted by Gasteiger charge is 2.16. The van der Waals surface area contributed by atoms with Crippen LogP contribution in [0.2, 0.25) is 10.0 Å². The minimum absolute atomic E-state index is 0.0872. The SMILES string of the molecule is CC(C)CNC(=O)c1cc2ccc(OC(=O)c3ccc(Cl)cc3Cl)cc2oc1=O. The van der Waals surface area contributed by atoms with E-state index in [1.807, 2.05) is 13.8 Å². The van der Waals surface area contributed by atoms with Crippen molar-refractivity contribution in [2.24, 2.45) is 5.92 Å². The fraction of sp³-hybridized carbons (Fsp3) is 0.190. The maximum absolute atomic E-state index is 12.3. The predicted molar refractivity (Wildman–Crippen MR) is 111 cm³/mol. The molecule has 0 aliphatic heterocycles. The number of halogens is 2. The highest BCUT2D eigenvalue weighted by molar-refractivity contribution is 6.36. The molecule has 0 bridgehead atoms. The number of rotatable bonds is 5. The van der Waals surface area contributed by atoms with Crippen molar-refractivity contribution in [1.82, 2.24) is 5.32 Å². The van der Waals surface area contributed by atoms with Crippen molar-refractivity contribution in [2.45, 2.75) is 13.8 Å². The third-order valence-corrected chi connectivity index (χ3v) is 4.53. The molecule has 29 heavy (non-hydrogen) atoms. The maximum Gasteiger partial charge on any atom is 0.349 e. The molecule has 2 aromatic carbocycles. The highest BCUT2D eigenvalue weighted by Crippen LogP contribution is 2.25. The fourth-order valence-electron chi connectivity index (χ4n) is 2.52. The van der Waals surface area contributed by atoms with Gasteiger partial charge in [-0.1, -0.05) is 37.0 Å². The molecule has 0 aliphatic rings. The van der Waals surface area contributed by atoms with Crippen LogP contribution in [0.4, 0.5) is 0 Å². The third kappa shape index (κ3) is 4.96. The van der Waals surface area contributed by atoms with Crippen LogP contribution in [0.15, 0.2) is 51.7 Å². The first-order valence-corrected chi connectivity index (χ1v) is 9.53. The quantitative estimate of drug-likeness (QED) is 0.357. The number of benzene rings is 2. The van der Waals surface area contributed by atoms with E-state index in [0.29, 0.717) is 17.0 Å². The van der Waals surface area contributed by atoms with Crippen molar-refractivity contribution in [3.05, 3.63) is 74.1 Å². The topological polar surface area (TPSA) is 85.6 Å². The number of fused-ring (bicyclic) bond motifs is 1. The molecule has 0 unspecified atom stereocenters. The van der Waals surface area contributed by atoms with E-state index in [9.17, 15) is 14.4 Å². The van der Waals surface area contributed by atoms with E-state index in [1.165, 1.54) is 36.4 Å². The van der Waals surface area contributed by atoms with E-state index in [1.54, 1.807) is 6.07 Å². The van der Waals surface area contributed by atoms with Gasteiger partial charge in [-0.2, -0.15) is 0 Å². The van der Waals surface area contributed by atoms with E-state index in [4.69, 9.17) is 32.4 Å². The summed E-state index contributed by atoms with van der Waals surface area (Å²) in [5.41, 5.74) is -0.531. The smallest absolute Gasteiger partial charge is 0.349 e. The van der Waals surface area contributed by atoms with Crippen LogP contribution in [0.3, 0.4) is 0 Å². The number of nitrogens with one attached hydrogen (secondary N) is 1. The number of hydrogen-bond acceptors (Lipinski definition) is 5. The lowest BCUT2D eigenvalue weighted by atomic mass is 10.1. The molecule has 0 radical (unpaired) electrons. The fourth-order valence-corrected chi connectivity index (χ4v) is 3.01. The van der Waals surface area contributed by atoms with Gasteiger partial charge in [0.05, 0.1) is 10.6 Å². The molecule has 1 N–H and O–H groups in total. The summed E-state index contributed by atoms with van der Waals surface area (Å²) in [5.74, 6) is -0.771. The van der Waals surface area contributed by atoms with Gasteiger partial charge in [-0.15, -0.1) is 0 Å². The summed E-state index contributed by atoms with van der Waals surface area (Å²) in [6.45, 7) is 4.34. The number of carbonyl (C=O) groups is 2. The van der Waals surface area contributed by atoms with E-state index >= 15 is 0 Å². The molecule has 0 saturated heterocycles. The van der Waals surface area contributed by atoms with Crippen LogP contribution in [0, 0.1) is 5.92 Å². The van der Waals surface area contributed by atoms with Crippen LogP contribution < -0.4 is 15.7 Å². The largest absolute Gasteiger partial charge is 0.423 e. The first-order valence-electron chi connectivity index (χ1n) is 8.78. The first-order chi connectivity index (χ1) is 13.7. The Morgan fingerprint density at radius 3 is 2.52 bits per heavy atom. The van der Waals surface area contributed by atoms with E-state index in [2.05, 4.69) is 5.32 Å². The van der Waals surface area contributed by atoms with Crippen LogP contribution >= 0.6 is 23.2 Å². The summed E-state index contributed by atoms with van der Waals surface area (Å²) in [5, 5.41) is 3.75. The summed E-state index contributed by atoms with van der Waals surface area (Å²) < 4.78 is 10.5. The van der Waals surface area contributed by atoms with Crippen LogP contribution in [0.5, 0.6) is 5.75 Å². The molecule has 6 nitrogen and oxygen atoms in total. The van der Waals surface area contributed by atoms with Crippen molar-refractivity contribution >= 4 is 46.0 Å². The van der Waals surface area contributed by atoms with Crippen molar-refractivity contribution in [3.8, 4) is 5.75 Å². The van der Waals surface area contributed by atoms with Gasteiger partial charge >= 0.3 is 11.6 Å². The standard InChI is InChI=1S/C21H17Cl2NO5/c1-11(2)10-24-19(25)16-7-12-3-5-14(9-18(12)29-21(16)27)28-20(26)15-6-4-13(22)8-17(15)23/h3-9,11H,10H2,1-2H3,(H,24,25). The molecule has 1 heterocycles. The van der Waals surface area contributed by atoms with Gasteiger partial charge in [0.2, 0.25) is 0 Å². The predicted octanol–water partition coefficient (Wildman–Crippen LogP) is 4.70. The van der Waals surface area contributed by atoms with Gasteiger partial charge in [0.15, 0.2) is 0 Å². The number of carbonyl (C=O) groups excluding carboxylic acids is 2. The van der Waals surface area contributed by atoms with Gasteiger partial charge in [-0.25, -0.2) is 9.59 Å². The van der Waals surface area contributed by atoms with Gasteiger partial charge in [0.1, 0.15) is 16.9 Å². The summed E-state index contributed by atoms with van der Waals surface area (Å²) in [6.07, 6.45) is 0. The van der Waals surface area contributed by atoms with E-state index in [0.717, 1.165) is 0 Å². The molecular formula is C21H17Cl2NO5. The van der Waals surface area contributed by atoms with Crippen LogP contribution in [0.1, 0.15) is 34.6 Å². The Morgan fingerprint density at radius 1 is 1.07 bits per heavy atom. The minimum Gasteiger partial charge on any atom is -0.423 e. The summed E-state index contributed by atoms with van der Waals surface area (Å²) in [7, 11) is 0. The second-order valence-corrected chi connectivity index (χ2v) is 7.61. The molecule has 1 amide bonds. The Morgan fingerprint density at radius 2 is 1.83 bits per heavy atom. The molecule has 8 heteroatoms. The van der Waals surface area contributed by atoms with E-state index in [-0.39, 0.29) is 33.4 Å². The Bertz CT molecular complexity index is 1150.